The summed E-state index contributed by atoms with van der Waals surface area (Å²) in [6.45, 7) is 2.63. The highest BCUT2D eigenvalue weighted by Gasteiger charge is 2.22. The first-order chi connectivity index (χ1) is 8.99. The maximum Gasteiger partial charge on any atom is 0.243 e. The Balaban J connectivity index is 1.97. The standard InChI is InChI=1S/C14H20FNO2S/c1-11-6-8-12(9-7-11)10-16-19(17,18)14-5-3-2-4-13(14)15/h2-5,11-12,16H,6-10H2,1H3. The van der Waals surface area contributed by atoms with Gasteiger partial charge in [0.25, 0.3) is 0 Å². The van der Waals surface area contributed by atoms with Gasteiger partial charge < -0.3 is 0 Å². The lowest BCUT2D eigenvalue weighted by Gasteiger charge is -2.26. The highest BCUT2D eigenvalue weighted by Crippen LogP contribution is 2.28. The van der Waals surface area contributed by atoms with Crippen LogP contribution < -0.4 is 4.72 Å². The summed E-state index contributed by atoms with van der Waals surface area (Å²) < 4.78 is 40.0. The van der Waals surface area contributed by atoms with E-state index < -0.39 is 15.8 Å². The molecule has 1 aliphatic rings. The average Bonchev–Trinajstić information content (AvgIpc) is 2.38. The highest BCUT2D eigenvalue weighted by molar-refractivity contribution is 7.89. The van der Waals surface area contributed by atoms with Crippen molar-refractivity contribution < 1.29 is 12.8 Å². The van der Waals surface area contributed by atoms with Gasteiger partial charge in [0.05, 0.1) is 0 Å². The minimum absolute atomic E-state index is 0.265. The summed E-state index contributed by atoms with van der Waals surface area (Å²) >= 11 is 0. The Kier molecular flexibility index (Phi) is 4.58. The Morgan fingerprint density at radius 1 is 1.21 bits per heavy atom. The van der Waals surface area contributed by atoms with Crippen LogP contribution in [-0.4, -0.2) is 15.0 Å². The number of rotatable bonds is 4. The van der Waals surface area contributed by atoms with Crippen molar-refractivity contribution in [3.63, 3.8) is 0 Å². The first kappa shape index (κ1) is 14.5. The quantitative estimate of drug-likeness (QED) is 0.924. The molecule has 0 unspecified atom stereocenters. The van der Waals surface area contributed by atoms with Crippen molar-refractivity contribution in [1.29, 1.82) is 0 Å². The number of hydrogen-bond donors (Lipinski definition) is 1. The van der Waals surface area contributed by atoms with Gasteiger partial charge in [-0.25, -0.2) is 17.5 Å². The van der Waals surface area contributed by atoms with Gasteiger partial charge in [-0.15, -0.1) is 0 Å². The Morgan fingerprint density at radius 3 is 2.47 bits per heavy atom. The summed E-state index contributed by atoms with van der Waals surface area (Å²) in [4.78, 5) is -0.265. The van der Waals surface area contributed by atoms with E-state index in [2.05, 4.69) is 11.6 Å². The molecule has 1 aromatic carbocycles. The van der Waals surface area contributed by atoms with Crippen molar-refractivity contribution in [3.05, 3.63) is 30.1 Å². The van der Waals surface area contributed by atoms with Crippen LogP contribution >= 0.6 is 0 Å². The number of benzene rings is 1. The average molecular weight is 285 g/mol. The van der Waals surface area contributed by atoms with Crippen molar-refractivity contribution in [2.24, 2.45) is 11.8 Å². The second-order valence-electron chi connectivity index (χ2n) is 5.41. The van der Waals surface area contributed by atoms with Crippen LogP contribution in [-0.2, 0) is 10.0 Å². The van der Waals surface area contributed by atoms with Crippen LogP contribution in [0.1, 0.15) is 32.6 Å². The summed E-state index contributed by atoms with van der Waals surface area (Å²) in [5.74, 6) is 0.407. The predicted octanol–water partition coefficient (Wildman–Crippen LogP) is 2.93. The molecule has 0 spiro atoms. The zero-order valence-corrected chi connectivity index (χ0v) is 11.9. The third-order valence-corrected chi connectivity index (χ3v) is 5.28. The van der Waals surface area contributed by atoms with Gasteiger partial charge in [-0.3, -0.25) is 0 Å². The molecule has 0 saturated heterocycles. The SMILES string of the molecule is CC1CCC(CNS(=O)(=O)c2ccccc2F)CC1. The Hall–Kier alpha value is -0.940. The van der Waals surface area contributed by atoms with Crippen molar-refractivity contribution in [2.75, 3.05) is 6.54 Å². The number of halogens is 1. The van der Waals surface area contributed by atoms with Crippen LogP contribution in [0.25, 0.3) is 0 Å². The van der Waals surface area contributed by atoms with Crippen LogP contribution in [0, 0.1) is 17.7 Å². The first-order valence-electron chi connectivity index (χ1n) is 6.73. The smallest absolute Gasteiger partial charge is 0.211 e. The van der Waals surface area contributed by atoms with Gasteiger partial charge in [-0.1, -0.05) is 31.9 Å². The highest BCUT2D eigenvalue weighted by atomic mass is 32.2. The lowest BCUT2D eigenvalue weighted by molar-refractivity contribution is 0.290. The number of nitrogens with one attached hydrogen (secondary N) is 1. The fraction of sp³-hybridized carbons (Fsp3) is 0.571. The second kappa shape index (κ2) is 6.01. The molecule has 2 rings (SSSR count). The minimum Gasteiger partial charge on any atom is -0.211 e. The minimum atomic E-state index is -3.73. The fourth-order valence-corrected chi connectivity index (χ4v) is 3.69. The molecule has 0 bridgehead atoms. The van der Waals surface area contributed by atoms with Crippen molar-refractivity contribution in [3.8, 4) is 0 Å². The molecular formula is C14H20FNO2S. The molecular weight excluding hydrogens is 265 g/mol. The van der Waals surface area contributed by atoms with Crippen LogP contribution in [0.15, 0.2) is 29.2 Å². The molecule has 0 aliphatic heterocycles. The third kappa shape index (κ3) is 3.76. The van der Waals surface area contributed by atoms with Gasteiger partial charge in [0, 0.05) is 6.54 Å². The van der Waals surface area contributed by atoms with Gasteiger partial charge in [-0.05, 0) is 36.8 Å². The second-order valence-corrected chi connectivity index (χ2v) is 7.14. The summed E-state index contributed by atoms with van der Waals surface area (Å²) in [5.41, 5.74) is 0. The molecule has 0 aromatic heterocycles. The van der Waals surface area contributed by atoms with Crippen molar-refractivity contribution >= 4 is 10.0 Å². The molecule has 19 heavy (non-hydrogen) atoms. The lowest BCUT2D eigenvalue weighted by Crippen LogP contribution is -2.31. The molecule has 0 amide bonds. The van der Waals surface area contributed by atoms with Crippen molar-refractivity contribution in [2.45, 2.75) is 37.5 Å². The predicted molar refractivity (Wildman–Crippen MR) is 72.7 cm³/mol. The van der Waals surface area contributed by atoms with E-state index in [0.29, 0.717) is 12.5 Å². The number of sulfonamides is 1. The van der Waals surface area contributed by atoms with Gasteiger partial charge in [0.15, 0.2) is 0 Å². The van der Waals surface area contributed by atoms with Crippen LogP contribution in [0.2, 0.25) is 0 Å². The maximum absolute atomic E-state index is 13.5. The normalized spacial score (nSPS) is 24.3. The molecule has 0 atom stereocenters. The monoisotopic (exact) mass is 285 g/mol. The van der Waals surface area contributed by atoms with E-state index in [-0.39, 0.29) is 4.90 Å². The van der Waals surface area contributed by atoms with E-state index in [9.17, 15) is 12.8 Å². The Bertz CT molecular complexity index is 522. The van der Waals surface area contributed by atoms with Crippen molar-refractivity contribution in [1.82, 2.24) is 4.72 Å². The lowest BCUT2D eigenvalue weighted by atomic mass is 9.83. The third-order valence-electron chi connectivity index (χ3n) is 3.82. The number of hydrogen-bond acceptors (Lipinski definition) is 2. The van der Waals surface area contributed by atoms with E-state index in [1.54, 1.807) is 0 Å². The van der Waals surface area contributed by atoms with Crippen LogP contribution in [0.4, 0.5) is 4.39 Å². The summed E-state index contributed by atoms with van der Waals surface area (Å²) in [6, 6.07) is 5.47. The molecule has 1 aliphatic carbocycles. The van der Waals surface area contributed by atoms with Gasteiger partial charge in [0.1, 0.15) is 10.7 Å². The topological polar surface area (TPSA) is 46.2 Å². The van der Waals surface area contributed by atoms with Gasteiger partial charge in [-0.2, -0.15) is 0 Å². The molecule has 106 valence electrons. The van der Waals surface area contributed by atoms with E-state index >= 15 is 0 Å². The molecule has 1 saturated carbocycles. The van der Waals surface area contributed by atoms with Crippen LogP contribution in [0.3, 0.4) is 0 Å². The zero-order valence-electron chi connectivity index (χ0n) is 11.1. The maximum atomic E-state index is 13.5. The van der Waals surface area contributed by atoms with E-state index in [1.807, 2.05) is 0 Å². The summed E-state index contributed by atoms with van der Waals surface area (Å²) in [6.07, 6.45) is 4.38. The van der Waals surface area contributed by atoms with Gasteiger partial charge >= 0.3 is 0 Å². The van der Waals surface area contributed by atoms with E-state index in [1.165, 1.54) is 18.2 Å². The van der Waals surface area contributed by atoms with E-state index in [4.69, 9.17) is 0 Å². The zero-order chi connectivity index (χ0) is 13.9. The summed E-state index contributed by atoms with van der Waals surface area (Å²) in [5, 5.41) is 0. The van der Waals surface area contributed by atoms with E-state index in [0.717, 1.165) is 37.7 Å². The Labute approximate surface area is 114 Å². The first-order valence-corrected chi connectivity index (χ1v) is 8.21. The molecule has 0 radical (unpaired) electrons. The molecule has 5 heteroatoms. The molecule has 1 fully saturated rings. The van der Waals surface area contributed by atoms with Crippen LogP contribution in [0.5, 0.6) is 0 Å². The Morgan fingerprint density at radius 2 is 1.84 bits per heavy atom. The summed E-state index contributed by atoms with van der Waals surface area (Å²) in [7, 11) is -3.73. The molecule has 3 nitrogen and oxygen atoms in total. The molecule has 1 N–H and O–H groups in total. The molecule has 0 heterocycles. The molecule has 1 aromatic rings. The fourth-order valence-electron chi connectivity index (χ4n) is 2.50. The van der Waals surface area contributed by atoms with Gasteiger partial charge in [0.2, 0.25) is 10.0 Å². The largest absolute Gasteiger partial charge is 0.243 e.